The Balaban J connectivity index is 4.09. The van der Waals surface area contributed by atoms with Gasteiger partial charge in [0.2, 0.25) is 0 Å². The predicted octanol–water partition coefficient (Wildman–Crippen LogP) is 15.1. The van der Waals surface area contributed by atoms with Gasteiger partial charge in [-0.05, 0) is 70.6 Å². The molecule has 2 atom stereocenters. The van der Waals surface area contributed by atoms with Gasteiger partial charge in [0.05, 0.1) is 40.3 Å². The van der Waals surface area contributed by atoms with Crippen LogP contribution in [0, 0.1) is 0 Å². The van der Waals surface area contributed by atoms with Gasteiger partial charge in [-0.1, -0.05) is 227 Å². The van der Waals surface area contributed by atoms with Crippen LogP contribution in [0.2, 0.25) is 0 Å². The van der Waals surface area contributed by atoms with Gasteiger partial charge in [0.1, 0.15) is 13.2 Å². The van der Waals surface area contributed by atoms with E-state index in [2.05, 4.69) is 98.9 Å². The number of unbranched alkanes of at least 4 members (excludes halogenated alkanes) is 22. The first-order valence-electron chi connectivity index (χ1n) is 28.2. The first-order valence-corrected chi connectivity index (χ1v) is 28.2. The fourth-order valence-electron chi connectivity index (χ4n) is 7.58. The van der Waals surface area contributed by atoms with Gasteiger partial charge in [0.25, 0.3) is 0 Å². The molecule has 0 aromatic rings. The number of nitrogens with zero attached hydrogens (tertiary/aromatic N) is 1. The van der Waals surface area contributed by atoms with Crippen LogP contribution in [0.15, 0.2) is 85.1 Å². The molecular weight excluding hydrogens is 875 g/mol. The van der Waals surface area contributed by atoms with Crippen molar-refractivity contribution in [1.82, 2.24) is 0 Å². The molecule has 2 unspecified atom stereocenters. The van der Waals surface area contributed by atoms with E-state index in [0.29, 0.717) is 23.9 Å². The third kappa shape index (κ3) is 52.3. The summed E-state index contributed by atoms with van der Waals surface area (Å²) >= 11 is 0. The zero-order chi connectivity index (χ0) is 51.3. The second-order valence-corrected chi connectivity index (χ2v) is 19.9. The number of carbonyl (C=O) groups is 3. The summed E-state index contributed by atoms with van der Waals surface area (Å²) in [6.07, 6.45) is 65.0. The lowest BCUT2D eigenvalue weighted by Crippen LogP contribution is -2.44. The number of carboxylic acid groups (broad SMARTS) is 1. The third-order valence-corrected chi connectivity index (χ3v) is 11.9. The Labute approximate surface area is 430 Å². The molecule has 0 aliphatic rings. The summed E-state index contributed by atoms with van der Waals surface area (Å²) in [5.41, 5.74) is 0. The molecule has 0 aromatic heterocycles. The van der Waals surface area contributed by atoms with E-state index in [4.69, 9.17) is 18.9 Å². The average molecular weight is 981 g/mol. The largest absolute Gasteiger partial charge is 0.545 e. The minimum Gasteiger partial charge on any atom is -0.545 e. The van der Waals surface area contributed by atoms with E-state index in [9.17, 15) is 19.5 Å². The first kappa shape index (κ1) is 66.5. The zero-order valence-corrected chi connectivity index (χ0v) is 45.6. The van der Waals surface area contributed by atoms with E-state index in [1.165, 1.54) is 109 Å². The highest BCUT2D eigenvalue weighted by atomic mass is 16.7. The number of allylic oxidation sites excluding steroid dienone is 14. The van der Waals surface area contributed by atoms with Crippen LogP contribution in [0.4, 0.5) is 0 Å². The van der Waals surface area contributed by atoms with E-state index in [0.717, 1.165) is 83.5 Å². The number of hydrogen-bond acceptors (Lipinski definition) is 8. The van der Waals surface area contributed by atoms with Crippen LogP contribution in [0.3, 0.4) is 0 Å². The molecule has 0 saturated heterocycles. The fourth-order valence-corrected chi connectivity index (χ4v) is 7.58. The Morgan fingerprint density at radius 1 is 0.443 bits per heavy atom. The molecule has 0 aromatic carbocycles. The number of quaternary nitrogens is 1. The number of hydrogen-bond donors (Lipinski definition) is 0. The Morgan fingerprint density at radius 3 is 1.21 bits per heavy atom. The summed E-state index contributed by atoms with van der Waals surface area (Å²) in [6, 6.07) is 0. The number of likely N-dealkylation sites (N-methyl/N-ethyl adjacent to an activating group) is 1. The lowest BCUT2D eigenvalue weighted by Gasteiger charge is -2.26. The predicted molar refractivity (Wildman–Crippen MR) is 292 cm³/mol. The van der Waals surface area contributed by atoms with Crippen molar-refractivity contribution >= 4 is 17.9 Å². The maximum Gasteiger partial charge on any atom is 0.306 e. The SMILES string of the molecule is CC/C=C\C/C=C\C/C=C\C/C=C\C/C=C\C/C=C\C/C=C\CCCCCCCCCCCCCCCC(=O)OC(COC(=O)CCCCCCCCCCCC)COC(OCC[N+](C)(C)C)C(=O)[O-]. The molecule has 0 rings (SSSR count). The van der Waals surface area contributed by atoms with Crippen LogP contribution in [0.1, 0.15) is 226 Å². The van der Waals surface area contributed by atoms with Crippen LogP contribution in [-0.4, -0.2) is 82.3 Å². The van der Waals surface area contributed by atoms with Gasteiger partial charge < -0.3 is 33.3 Å². The normalized spacial score (nSPS) is 13.4. The molecule has 9 heteroatoms. The molecular formula is C61H105NO8. The number of ether oxygens (including phenoxy) is 4. The summed E-state index contributed by atoms with van der Waals surface area (Å²) in [6.45, 7) is 4.61. The monoisotopic (exact) mass is 980 g/mol. The van der Waals surface area contributed by atoms with Gasteiger partial charge in [0, 0.05) is 12.8 Å². The Kier molecular flexibility index (Phi) is 49.2. The Morgan fingerprint density at radius 2 is 0.814 bits per heavy atom. The molecule has 0 saturated carbocycles. The molecule has 402 valence electrons. The summed E-state index contributed by atoms with van der Waals surface area (Å²) in [4.78, 5) is 37.1. The number of rotatable bonds is 51. The molecule has 0 amide bonds. The van der Waals surface area contributed by atoms with Crippen molar-refractivity contribution in [2.75, 3.05) is 47.5 Å². The van der Waals surface area contributed by atoms with Crippen molar-refractivity contribution in [3.8, 4) is 0 Å². The molecule has 0 aliphatic carbocycles. The first-order chi connectivity index (χ1) is 34.1. The average Bonchev–Trinajstić information content (AvgIpc) is 3.33. The fraction of sp³-hybridized carbons (Fsp3) is 0.721. The Hall–Kier alpha value is -3.53. The molecule has 0 aliphatic heterocycles. The van der Waals surface area contributed by atoms with E-state index in [1.54, 1.807) is 0 Å². The van der Waals surface area contributed by atoms with Gasteiger partial charge in [-0.2, -0.15) is 0 Å². The van der Waals surface area contributed by atoms with Crippen molar-refractivity contribution in [2.45, 2.75) is 238 Å². The minimum atomic E-state index is -1.62. The van der Waals surface area contributed by atoms with Crippen LogP contribution < -0.4 is 5.11 Å². The van der Waals surface area contributed by atoms with Crippen LogP contribution >= 0.6 is 0 Å². The number of carbonyl (C=O) groups excluding carboxylic acids is 3. The van der Waals surface area contributed by atoms with Crippen LogP contribution in [0.25, 0.3) is 0 Å². The van der Waals surface area contributed by atoms with Crippen LogP contribution in [-0.2, 0) is 33.3 Å². The molecule has 0 fully saturated rings. The van der Waals surface area contributed by atoms with Gasteiger partial charge in [-0.15, -0.1) is 0 Å². The van der Waals surface area contributed by atoms with Crippen molar-refractivity contribution in [2.24, 2.45) is 0 Å². The van der Waals surface area contributed by atoms with Crippen molar-refractivity contribution < 1.29 is 42.9 Å². The summed E-state index contributed by atoms with van der Waals surface area (Å²) in [7, 11) is 5.91. The van der Waals surface area contributed by atoms with E-state index < -0.39 is 24.3 Å². The van der Waals surface area contributed by atoms with Gasteiger partial charge in [0.15, 0.2) is 12.4 Å². The second kappa shape index (κ2) is 51.8. The molecule has 0 spiro atoms. The van der Waals surface area contributed by atoms with Gasteiger partial charge in [-0.25, -0.2) is 0 Å². The Bertz CT molecular complexity index is 1420. The minimum absolute atomic E-state index is 0.146. The van der Waals surface area contributed by atoms with E-state index in [1.807, 2.05) is 21.1 Å². The second-order valence-electron chi connectivity index (χ2n) is 19.9. The molecule has 0 heterocycles. The molecule has 0 bridgehead atoms. The van der Waals surface area contributed by atoms with Gasteiger partial charge >= 0.3 is 11.9 Å². The smallest absolute Gasteiger partial charge is 0.306 e. The highest BCUT2D eigenvalue weighted by Crippen LogP contribution is 2.15. The standard InChI is InChI=1S/C61H105NO8/c1-6-8-10-12-14-16-18-19-20-21-22-23-24-25-26-27-28-29-30-31-32-33-34-35-36-37-38-39-40-41-42-44-46-48-50-52-59(64)70-57(56-69-61(60(65)66)67-54-53-62(3,4)5)55-68-58(63)51-49-47-45-43-17-15-13-11-9-7-2/h8,10,14,16,19-20,22-23,25-26,28-29,31-32,57,61H,6-7,9,11-13,15,17-18,21,24,27,30,33-56H2,1-5H3/b10-8-,16-14-,20-19-,23-22-,26-25-,29-28-,32-31-. The van der Waals surface area contributed by atoms with Crippen molar-refractivity contribution in [3.63, 3.8) is 0 Å². The quantitative estimate of drug-likeness (QED) is 0.0195. The maximum absolute atomic E-state index is 12.8. The number of aliphatic carboxylic acids is 1. The molecule has 0 N–H and O–H groups in total. The number of esters is 2. The van der Waals surface area contributed by atoms with Crippen LogP contribution in [0.5, 0.6) is 0 Å². The third-order valence-electron chi connectivity index (χ3n) is 11.9. The van der Waals surface area contributed by atoms with Crippen molar-refractivity contribution in [1.29, 1.82) is 0 Å². The van der Waals surface area contributed by atoms with E-state index in [-0.39, 0.29) is 32.2 Å². The van der Waals surface area contributed by atoms with Gasteiger partial charge in [-0.3, -0.25) is 9.59 Å². The highest BCUT2D eigenvalue weighted by molar-refractivity contribution is 5.70. The zero-order valence-electron chi connectivity index (χ0n) is 45.6. The summed E-state index contributed by atoms with van der Waals surface area (Å²) < 4.78 is 22.6. The summed E-state index contributed by atoms with van der Waals surface area (Å²) in [5, 5.41) is 11.7. The van der Waals surface area contributed by atoms with Crippen molar-refractivity contribution in [3.05, 3.63) is 85.1 Å². The topological polar surface area (TPSA) is 111 Å². The lowest BCUT2D eigenvalue weighted by molar-refractivity contribution is -0.870. The van der Waals surface area contributed by atoms with E-state index >= 15 is 0 Å². The lowest BCUT2D eigenvalue weighted by atomic mass is 10.0. The summed E-state index contributed by atoms with van der Waals surface area (Å²) in [5.74, 6) is -2.29. The highest BCUT2D eigenvalue weighted by Gasteiger charge is 2.22. The number of carboxylic acids is 1. The molecule has 70 heavy (non-hydrogen) atoms. The molecule has 9 nitrogen and oxygen atoms in total. The maximum atomic E-state index is 12.8. The molecule has 0 radical (unpaired) electrons.